The van der Waals surface area contributed by atoms with Crippen LogP contribution >= 0.6 is 0 Å². The molecule has 5 nitrogen and oxygen atoms in total. The van der Waals surface area contributed by atoms with Crippen LogP contribution in [0.3, 0.4) is 0 Å². The molecule has 0 aliphatic rings. The van der Waals surface area contributed by atoms with Gasteiger partial charge in [0.05, 0.1) is 12.1 Å². The van der Waals surface area contributed by atoms with Gasteiger partial charge in [0.1, 0.15) is 11.5 Å². The Hall–Kier alpha value is -1.91. The molecule has 2 rings (SSSR count). The molecule has 2 aromatic heterocycles. The van der Waals surface area contributed by atoms with Gasteiger partial charge in [0, 0.05) is 17.8 Å². The topological polar surface area (TPSA) is 67.5 Å². The average Bonchev–Trinajstić information content (AvgIpc) is 2.56. The van der Waals surface area contributed by atoms with Crippen molar-refractivity contribution >= 4 is 11.6 Å². The number of aryl methyl sites for hydroxylation is 2. The summed E-state index contributed by atoms with van der Waals surface area (Å²) in [5, 5.41) is 8.82. The number of aliphatic carboxylic acids is 1. The zero-order valence-corrected chi connectivity index (χ0v) is 10.1. The maximum absolute atomic E-state index is 10.7. The number of hydrogen-bond acceptors (Lipinski definition) is 3. The molecule has 1 N–H and O–H groups in total. The third-order valence-corrected chi connectivity index (χ3v) is 2.93. The normalized spacial score (nSPS) is 12.9. The van der Waals surface area contributed by atoms with Crippen molar-refractivity contribution < 1.29 is 9.90 Å². The average molecular weight is 233 g/mol. The van der Waals surface area contributed by atoms with E-state index in [0.29, 0.717) is 0 Å². The Morgan fingerprint density at radius 2 is 2.24 bits per heavy atom. The van der Waals surface area contributed by atoms with E-state index in [4.69, 9.17) is 5.11 Å². The molecule has 0 aliphatic heterocycles. The predicted molar refractivity (Wildman–Crippen MR) is 63.1 cm³/mol. The monoisotopic (exact) mass is 233 g/mol. The number of aromatic nitrogens is 3. The summed E-state index contributed by atoms with van der Waals surface area (Å²) in [6.45, 7) is 5.74. The molecule has 0 amide bonds. The third-order valence-electron chi connectivity index (χ3n) is 2.93. The minimum atomic E-state index is -0.802. The highest BCUT2D eigenvalue weighted by molar-refractivity contribution is 5.68. The van der Waals surface area contributed by atoms with Crippen LogP contribution in [0.2, 0.25) is 0 Å². The van der Waals surface area contributed by atoms with Crippen LogP contribution in [0.15, 0.2) is 12.3 Å². The van der Waals surface area contributed by atoms with Crippen LogP contribution in [-0.2, 0) is 4.79 Å². The molecule has 0 aliphatic carbocycles. The maximum Gasteiger partial charge on any atom is 0.304 e. The molecular weight excluding hydrogens is 218 g/mol. The molecule has 17 heavy (non-hydrogen) atoms. The first-order chi connectivity index (χ1) is 8.00. The lowest BCUT2D eigenvalue weighted by molar-refractivity contribution is -0.137. The lowest BCUT2D eigenvalue weighted by Crippen LogP contribution is -2.05. The first-order valence-electron chi connectivity index (χ1n) is 5.53. The fourth-order valence-corrected chi connectivity index (χ4v) is 2.16. The van der Waals surface area contributed by atoms with Gasteiger partial charge >= 0.3 is 5.97 Å². The van der Waals surface area contributed by atoms with Gasteiger partial charge in [-0.05, 0) is 19.9 Å². The molecule has 90 valence electrons. The van der Waals surface area contributed by atoms with Crippen LogP contribution in [0.1, 0.15) is 36.5 Å². The van der Waals surface area contributed by atoms with Gasteiger partial charge in [0.2, 0.25) is 0 Å². The predicted octanol–water partition coefficient (Wildman–Crippen LogP) is 1.92. The van der Waals surface area contributed by atoms with E-state index in [-0.39, 0.29) is 12.3 Å². The molecule has 0 aromatic carbocycles. The number of nitrogens with zero attached hydrogens (tertiary/aromatic N) is 3. The molecule has 0 bridgehead atoms. The summed E-state index contributed by atoms with van der Waals surface area (Å²) in [7, 11) is 0. The van der Waals surface area contributed by atoms with E-state index in [2.05, 4.69) is 9.97 Å². The zero-order valence-electron chi connectivity index (χ0n) is 10.1. The molecule has 1 unspecified atom stereocenters. The molecular formula is C12H15N3O2. The lowest BCUT2D eigenvalue weighted by atomic mass is 10.0. The van der Waals surface area contributed by atoms with Gasteiger partial charge in [-0.1, -0.05) is 6.92 Å². The van der Waals surface area contributed by atoms with E-state index >= 15 is 0 Å². The second kappa shape index (κ2) is 4.16. The van der Waals surface area contributed by atoms with Crippen molar-refractivity contribution in [3.63, 3.8) is 0 Å². The van der Waals surface area contributed by atoms with Crippen LogP contribution in [-0.4, -0.2) is 25.4 Å². The lowest BCUT2D eigenvalue weighted by Gasteiger charge is -2.06. The quantitative estimate of drug-likeness (QED) is 0.879. The van der Waals surface area contributed by atoms with Gasteiger partial charge in [-0.25, -0.2) is 9.97 Å². The minimum absolute atomic E-state index is 0.0909. The molecule has 0 saturated heterocycles. The Morgan fingerprint density at radius 1 is 1.53 bits per heavy atom. The van der Waals surface area contributed by atoms with Crippen LogP contribution < -0.4 is 0 Å². The van der Waals surface area contributed by atoms with Crippen molar-refractivity contribution in [2.45, 2.75) is 33.1 Å². The summed E-state index contributed by atoms with van der Waals surface area (Å²) in [5.41, 5.74) is 2.63. The summed E-state index contributed by atoms with van der Waals surface area (Å²) >= 11 is 0. The summed E-state index contributed by atoms with van der Waals surface area (Å²) in [4.78, 5) is 19.4. The highest BCUT2D eigenvalue weighted by Gasteiger charge is 2.18. The van der Waals surface area contributed by atoms with E-state index in [0.717, 1.165) is 22.9 Å². The number of hydrogen-bond donors (Lipinski definition) is 1. The van der Waals surface area contributed by atoms with Crippen LogP contribution in [0.4, 0.5) is 0 Å². The number of imidazole rings is 1. The Labute approximate surface area is 99.1 Å². The van der Waals surface area contributed by atoms with Gasteiger partial charge < -0.3 is 5.11 Å². The first kappa shape index (κ1) is 11.6. The molecule has 1 atom stereocenters. The number of carbonyl (C=O) groups is 1. The summed E-state index contributed by atoms with van der Waals surface area (Å²) in [6.07, 6.45) is 1.81. The molecule has 0 radical (unpaired) electrons. The summed E-state index contributed by atoms with van der Waals surface area (Å²) in [6, 6.07) is 1.83. The van der Waals surface area contributed by atoms with Crippen molar-refractivity contribution in [3.05, 3.63) is 29.5 Å². The Morgan fingerprint density at radius 3 is 2.82 bits per heavy atom. The van der Waals surface area contributed by atoms with E-state index in [9.17, 15) is 4.79 Å². The van der Waals surface area contributed by atoms with Gasteiger partial charge in [0.25, 0.3) is 0 Å². The fraction of sp³-hybridized carbons (Fsp3) is 0.417. The number of carboxylic acids is 1. The van der Waals surface area contributed by atoms with Gasteiger partial charge in [-0.3, -0.25) is 9.20 Å². The van der Waals surface area contributed by atoms with Crippen molar-refractivity contribution in [2.75, 3.05) is 0 Å². The molecule has 0 spiro atoms. The smallest absolute Gasteiger partial charge is 0.304 e. The maximum atomic E-state index is 10.7. The zero-order chi connectivity index (χ0) is 12.6. The standard InChI is InChI=1S/C12H15N3O2/c1-7(6-11(16)17)12-8(2)15-9(3)13-5-4-10(15)14-12/h4-5,7H,6H2,1-3H3,(H,16,17). The van der Waals surface area contributed by atoms with Crippen LogP contribution in [0.5, 0.6) is 0 Å². The SMILES string of the molecule is Cc1nccc2nc(C(C)CC(=O)O)c(C)n12. The second-order valence-corrected chi connectivity index (χ2v) is 4.27. The third kappa shape index (κ3) is 2.00. The van der Waals surface area contributed by atoms with Crippen molar-refractivity contribution in [2.24, 2.45) is 0 Å². The van der Waals surface area contributed by atoms with Crippen LogP contribution in [0, 0.1) is 13.8 Å². The van der Waals surface area contributed by atoms with Crippen LogP contribution in [0.25, 0.3) is 5.65 Å². The minimum Gasteiger partial charge on any atom is -0.481 e. The van der Waals surface area contributed by atoms with E-state index in [1.54, 1.807) is 6.20 Å². The first-order valence-corrected chi connectivity index (χ1v) is 5.53. The molecule has 0 saturated carbocycles. The number of carboxylic acid groups (broad SMARTS) is 1. The Balaban J connectivity index is 2.52. The van der Waals surface area contributed by atoms with Crippen molar-refractivity contribution in [3.8, 4) is 0 Å². The highest BCUT2D eigenvalue weighted by atomic mass is 16.4. The van der Waals surface area contributed by atoms with Gasteiger partial charge in [-0.2, -0.15) is 0 Å². The van der Waals surface area contributed by atoms with E-state index < -0.39 is 5.97 Å². The van der Waals surface area contributed by atoms with Crippen molar-refractivity contribution in [1.82, 2.24) is 14.4 Å². The number of fused-ring (bicyclic) bond motifs is 1. The fourth-order valence-electron chi connectivity index (χ4n) is 2.16. The van der Waals surface area contributed by atoms with E-state index in [1.807, 2.05) is 31.2 Å². The largest absolute Gasteiger partial charge is 0.481 e. The molecule has 2 heterocycles. The van der Waals surface area contributed by atoms with Gasteiger partial charge in [-0.15, -0.1) is 0 Å². The summed E-state index contributed by atoms with van der Waals surface area (Å²) < 4.78 is 1.95. The molecule has 2 aromatic rings. The van der Waals surface area contributed by atoms with Gasteiger partial charge in [0.15, 0.2) is 0 Å². The molecule has 5 heteroatoms. The van der Waals surface area contributed by atoms with E-state index in [1.165, 1.54) is 0 Å². The Kier molecular flexibility index (Phi) is 2.83. The number of rotatable bonds is 3. The second-order valence-electron chi connectivity index (χ2n) is 4.27. The molecule has 0 fully saturated rings. The summed E-state index contributed by atoms with van der Waals surface area (Å²) in [5.74, 6) is -0.0307. The highest BCUT2D eigenvalue weighted by Crippen LogP contribution is 2.23. The Bertz CT molecular complexity index is 574. The van der Waals surface area contributed by atoms with Crippen molar-refractivity contribution in [1.29, 1.82) is 0 Å².